The minimum absolute atomic E-state index is 0.000741. The fraction of sp³-hybridized carbons (Fsp3) is 0.750. The van der Waals surface area contributed by atoms with Crippen LogP contribution in [0, 0.1) is 16.0 Å². The first kappa shape index (κ1) is 12.5. The van der Waals surface area contributed by atoms with E-state index < -0.39 is 22.7 Å². The lowest BCUT2D eigenvalue weighted by atomic mass is 10.0. The van der Waals surface area contributed by atoms with Crippen molar-refractivity contribution in [1.82, 2.24) is 0 Å². The molecule has 0 aromatic rings. The molecule has 0 amide bonds. The molecule has 0 aromatic heterocycles. The molecule has 0 spiro atoms. The van der Waals surface area contributed by atoms with Gasteiger partial charge in [0.1, 0.15) is 0 Å². The number of carbonyl (C=O) groups excluding carboxylic acids is 2. The van der Waals surface area contributed by atoms with Gasteiger partial charge in [-0.2, -0.15) is 0 Å². The first-order valence-electron chi connectivity index (χ1n) is 4.14. The summed E-state index contributed by atoms with van der Waals surface area (Å²) in [5, 5.41) is 10.4. The second kappa shape index (κ2) is 5.31. The van der Waals surface area contributed by atoms with E-state index in [1.807, 2.05) is 0 Å². The molecule has 0 saturated carbocycles. The number of esters is 1. The Balaban J connectivity index is 4.58. The van der Waals surface area contributed by atoms with Crippen LogP contribution in [0.2, 0.25) is 0 Å². The highest BCUT2D eigenvalue weighted by Gasteiger charge is 2.38. The molecule has 0 aliphatic heterocycles. The first-order chi connectivity index (χ1) is 6.40. The molecule has 0 aliphatic rings. The Bertz CT molecular complexity index is 248. The Labute approximate surface area is 81.4 Å². The summed E-state index contributed by atoms with van der Waals surface area (Å²) >= 11 is 0. The number of nitro groups is 1. The molecule has 1 atom stereocenters. The molecule has 0 unspecified atom stereocenters. The van der Waals surface area contributed by atoms with Crippen LogP contribution in [-0.2, 0) is 14.3 Å². The molecule has 6 nitrogen and oxygen atoms in total. The van der Waals surface area contributed by atoms with E-state index in [0.717, 1.165) is 7.11 Å². The Morgan fingerprint density at radius 1 is 1.43 bits per heavy atom. The number of ether oxygens (including phenoxy) is 1. The van der Waals surface area contributed by atoms with Crippen LogP contribution >= 0.6 is 0 Å². The molecule has 0 rings (SSSR count). The highest BCUT2D eigenvalue weighted by molar-refractivity contribution is 6.01. The molecule has 14 heavy (non-hydrogen) atoms. The summed E-state index contributed by atoms with van der Waals surface area (Å²) in [6.45, 7) is 3.48. The normalized spacial score (nSPS) is 12.3. The van der Waals surface area contributed by atoms with Crippen LogP contribution in [0.5, 0.6) is 0 Å². The van der Waals surface area contributed by atoms with E-state index in [9.17, 15) is 19.7 Å². The SMILES string of the molecule is COC(=O)[C@@H](C(=O)CC(C)C)[N+](=O)[O-]. The number of carbonyl (C=O) groups is 2. The molecule has 0 aliphatic carbocycles. The Morgan fingerprint density at radius 3 is 2.21 bits per heavy atom. The maximum absolute atomic E-state index is 11.3. The summed E-state index contributed by atoms with van der Waals surface area (Å²) in [5.74, 6) is -1.84. The van der Waals surface area contributed by atoms with Crippen LogP contribution in [0.15, 0.2) is 0 Å². The number of hydrogen-bond donors (Lipinski definition) is 0. The molecule has 6 heteroatoms. The van der Waals surface area contributed by atoms with Crippen molar-refractivity contribution < 1.29 is 19.2 Å². The van der Waals surface area contributed by atoms with E-state index in [-0.39, 0.29) is 12.3 Å². The van der Waals surface area contributed by atoms with Gasteiger partial charge in [-0.1, -0.05) is 13.8 Å². The van der Waals surface area contributed by atoms with Gasteiger partial charge in [-0.3, -0.25) is 14.9 Å². The molecule has 0 saturated heterocycles. The lowest BCUT2D eigenvalue weighted by Crippen LogP contribution is -2.38. The van der Waals surface area contributed by atoms with Crippen molar-refractivity contribution in [1.29, 1.82) is 0 Å². The number of nitrogens with zero attached hydrogens (tertiary/aromatic N) is 1. The molecule has 80 valence electrons. The van der Waals surface area contributed by atoms with Crippen LogP contribution in [0.3, 0.4) is 0 Å². The van der Waals surface area contributed by atoms with E-state index in [4.69, 9.17) is 0 Å². The van der Waals surface area contributed by atoms with Crippen molar-refractivity contribution in [3.05, 3.63) is 10.1 Å². The standard InChI is InChI=1S/C8H13NO5/c1-5(2)4-6(10)7(9(12)13)8(11)14-3/h5,7H,4H2,1-3H3/t7-/m1/s1. The highest BCUT2D eigenvalue weighted by Crippen LogP contribution is 2.06. The predicted octanol–water partition coefficient (Wildman–Crippen LogP) is 0.420. The summed E-state index contributed by atoms with van der Waals surface area (Å²) in [6, 6.07) is -1.87. The zero-order chi connectivity index (χ0) is 11.3. The Morgan fingerprint density at radius 2 is 1.93 bits per heavy atom. The van der Waals surface area contributed by atoms with Crippen LogP contribution in [0.4, 0.5) is 0 Å². The van der Waals surface area contributed by atoms with Crippen molar-refractivity contribution in [2.45, 2.75) is 26.3 Å². The first-order valence-corrected chi connectivity index (χ1v) is 4.14. The minimum Gasteiger partial charge on any atom is -0.464 e. The van der Waals surface area contributed by atoms with E-state index in [1.165, 1.54) is 0 Å². The third-order valence-electron chi connectivity index (χ3n) is 1.55. The van der Waals surface area contributed by atoms with Crippen molar-refractivity contribution in [3.8, 4) is 0 Å². The zero-order valence-electron chi connectivity index (χ0n) is 8.35. The topological polar surface area (TPSA) is 86.5 Å². The van der Waals surface area contributed by atoms with Crippen LogP contribution in [-0.4, -0.2) is 29.8 Å². The van der Waals surface area contributed by atoms with Gasteiger partial charge in [-0.05, 0) is 5.92 Å². The average Bonchev–Trinajstić information content (AvgIpc) is 2.01. The van der Waals surface area contributed by atoms with Gasteiger partial charge in [0.25, 0.3) is 0 Å². The summed E-state index contributed by atoms with van der Waals surface area (Å²) in [6.07, 6.45) is 0.000741. The van der Waals surface area contributed by atoms with Crippen LogP contribution in [0.25, 0.3) is 0 Å². The lowest BCUT2D eigenvalue weighted by Gasteiger charge is -2.07. The third kappa shape index (κ3) is 3.51. The summed E-state index contributed by atoms with van der Waals surface area (Å²) in [5.41, 5.74) is 0. The van der Waals surface area contributed by atoms with Gasteiger partial charge in [0.05, 0.1) is 7.11 Å². The molecule has 0 N–H and O–H groups in total. The fourth-order valence-electron chi connectivity index (χ4n) is 0.961. The molecule has 0 heterocycles. The average molecular weight is 203 g/mol. The van der Waals surface area contributed by atoms with Crippen molar-refractivity contribution in [2.75, 3.05) is 7.11 Å². The second-order valence-corrected chi connectivity index (χ2v) is 3.28. The van der Waals surface area contributed by atoms with Gasteiger partial charge in [0.15, 0.2) is 0 Å². The molecule has 0 radical (unpaired) electrons. The zero-order valence-corrected chi connectivity index (χ0v) is 8.35. The van der Waals surface area contributed by atoms with Crippen molar-refractivity contribution in [2.24, 2.45) is 5.92 Å². The number of hydrogen-bond acceptors (Lipinski definition) is 5. The number of rotatable bonds is 5. The Hall–Kier alpha value is -1.46. The third-order valence-corrected chi connectivity index (χ3v) is 1.55. The number of ketones is 1. The lowest BCUT2D eigenvalue weighted by molar-refractivity contribution is -0.496. The number of methoxy groups -OCH3 is 1. The van der Waals surface area contributed by atoms with Crippen LogP contribution in [0.1, 0.15) is 20.3 Å². The largest absolute Gasteiger partial charge is 0.464 e. The molecule has 0 aromatic carbocycles. The molecular formula is C8H13NO5. The molecular weight excluding hydrogens is 190 g/mol. The van der Waals surface area contributed by atoms with E-state index >= 15 is 0 Å². The van der Waals surface area contributed by atoms with Crippen molar-refractivity contribution >= 4 is 11.8 Å². The van der Waals surface area contributed by atoms with E-state index in [2.05, 4.69) is 4.74 Å². The monoisotopic (exact) mass is 203 g/mol. The van der Waals surface area contributed by atoms with Gasteiger partial charge in [-0.15, -0.1) is 0 Å². The van der Waals surface area contributed by atoms with E-state index in [1.54, 1.807) is 13.8 Å². The molecule has 0 bridgehead atoms. The van der Waals surface area contributed by atoms with Gasteiger partial charge >= 0.3 is 12.0 Å². The maximum Gasteiger partial charge on any atom is 0.389 e. The van der Waals surface area contributed by atoms with Gasteiger partial charge in [0, 0.05) is 11.3 Å². The van der Waals surface area contributed by atoms with Gasteiger partial charge in [0.2, 0.25) is 5.78 Å². The quantitative estimate of drug-likeness (QED) is 0.279. The summed E-state index contributed by atoms with van der Waals surface area (Å²) in [7, 11) is 1.02. The summed E-state index contributed by atoms with van der Waals surface area (Å²) in [4.78, 5) is 31.6. The van der Waals surface area contributed by atoms with Crippen molar-refractivity contribution in [3.63, 3.8) is 0 Å². The van der Waals surface area contributed by atoms with Crippen LogP contribution < -0.4 is 0 Å². The molecule has 0 fully saturated rings. The van der Waals surface area contributed by atoms with Gasteiger partial charge < -0.3 is 4.74 Å². The smallest absolute Gasteiger partial charge is 0.389 e. The highest BCUT2D eigenvalue weighted by atomic mass is 16.6. The minimum atomic E-state index is -1.87. The Kier molecular flexibility index (Phi) is 4.76. The second-order valence-electron chi connectivity index (χ2n) is 3.28. The predicted molar refractivity (Wildman–Crippen MR) is 47.3 cm³/mol. The number of Topliss-reactive ketones (excluding diaryl/α,β-unsaturated/α-hetero) is 1. The van der Waals surface area contributed by atoms with Gasteiger partial charge in [-0.25, -0.2) is 4.79 Å². The fourth-order valence-corrected chi connectivity index (χ4v) is 0.961. The van der Waals surface area contributed by atoms with E-state index in [0.29, 0.717) is 0 Å². The maximum atomic E-state index is 11.3. The summed E-state index contributed by atoms with van der Waals surface area (Å²) < 4.78 is 4.17.